The van der Waals surface area contributed by atoms with E-state index >= 15 is 0 Å². The topological polar surface area (TPSA) is 111 Å². The van der Waals surface area contributed by atoms with Gasteiger partial charge in [0.05, 0.1) is 27.7 Å². The summed E-state index contributed by atoms with van der Waals surface area (Å²) in [7, 11) is 1.14. The van der Waals surface area contributed by atoms with Crippen LogP contribution in [0.5, 0.6) is 0 Å². The number of quaternary nitrogens is 1. The Balaban J connectivity index is 4.19. The lowest BCUT2D eigenvalue weighted by molar-refractivity contribution is -0.870. The van der Waals surface area contributed by atoms with Crippen LogP contribution in [-0.2, 0) is 32.7 Å². The van der Waals surface area contributed by atoms with Gasteiger partial charge in [0.25, 0.3) is 7.82 Å². The van der Waals surface area contributed by atoms with Gasteiger partial charge in [0.15, 0.2) is 6.10 Å². The molecule has 0 aliphatic rings. The Morgan fingerprint density at radius 1 is 0.390 bits per heavy atom. The summed E-state index contributed by atoms with van der Waals surface area (Å²) < 4.78 is 34.2. The Hall–Kier alpha value is -3.59. The first-order valence-corrected chi connectivity index (χ1v) is 34.7. The lowest BCUT2D eigenvalue weighted by Gasteiger charge is -2.28. The number of phosphoric acid groups is 1. The SMILES string of the molecule is CC/C=C\C/C=C\C/C=C\C/C=C\C/C=C\C/C=C\C/C=C\C/C=C\C/C=C\C/C=C\CCCCCCC(=O)OC(COC(=O)CCCCCCCCCCCCCCCCCCCCCCCCC)COP(=O)([O-])OCC[N+](C)(C)C. The second-order valence-electron chi connectivity index (χ2n) is 23.1. The van der Waals surface area contributed by atoms with E-state index in [0.29, 0.717) is 17.4 Å². The Kier molecular flexibility index (Phi) is 59.2. The van der Waals surface area contributed by atoms with Crippen LogP contribution in [0.15, 0.2) is 122 Å². The van der Waals surface area contributed by atoms with Crippen LogP contribution in [0, 0.1) is 0 Å². The van der Waals surface area contributed by atoms with Crippen LogP contribution in [0.4, 0.5) is 0 Å². The Labute approximate surface area is 505 Å². The minimum atomic E-state index is -4.65. The summed E-state index contributed by atoms with van der Waals surface area (Å²) in [4.78, 5) is 38.0. The van der Waals surface area contributed by atoms with E-state index in [9.17, 15) is 19.0 Å². The highest BCUT2D eigenvalue weighted by Crippen LogP contribution is 2.38. The van der Waals surface area contributed by atoms with Crippen molar-refractivity contribution in [3.63, 3.8) is 0 Å². The monoisotopic (exact) mass is 1160 g/mol. The van der Waals surface area contributed by atoms with Gasteiger partial charge in [0.2, 0.25) is 0 Å². The molecule has 0 aliphatic carbocycles. The molecule has 0 saturated heterocycles. The number of ether oxygens (including phenoxy) is 2. The molecule has 0 aromatic heterocycles. The standard InChI is InChI=1S/C72H124NO8P/c1-6-8-10-12-14-16-18-20-22-24-26-28-30-31-32-33-34-35-36-37-38-39-40-41-43-45-47-49-51-53-55-57-59-61-63-65-72(75)81-70(69-80-82(76,77)79-67-66-73(3,4)5)68-78-71(74)64-62-60-58-56-54-52-50-48-46-44-42-29-27-25-23-21-19-17-15-13-11-9-7-2/h8,10,14,16,20,22,26,28,31-32,34-35,37-38,40-41,45,47,51,53,70H,6-7,9,11-13,15,17-19,21,23-25,27,29-30,33,36,39,42-44,46,48-50,52,54-69H2,1-5H3/b10-8-,16-14-,22-20-,28-26-,32-31-,35-34-,38-37-,41-40-,47-45-,53-51-. The molecule has 0 aromatic carbocycles. The van der Waals surface area contributed by atoms with Crippen LogP contribution < -0.4 is 4.89 Å². The molecule has 0 heterocycles. The molecular formula is C72H124NO8P. The summed E-state index contributed by atoms with van der Waals surface area (Å²) in [5, 5.41) is 0. The van der Waals surface area contributed by atoms with Crippen molar-refractivity contribution < 1.29 is 42.1 Å². The van der Waals surface area contributed by atoms with E-state index < -0.39 is 26.5 Å². The van der Waals surface area contributed by atoms with Crippen molar-refractivity contribution in [2.75, 3.05) is 47.5 Å². The molecule has 82 heavy (non-hydrogen) atoms. The zero-order valence-corrected chi connectivity index (χ0v) is 54.3. The molecule has 0 radical (unpaired) electrons. The van der Waals surface area contributed by atoms with Gasteiger partial charge in [0, 0.05) is 12.8 Å². The van der Waals surface area contributed by atoms with Gasteiger partial charge in [0.1, 0.15) is 19.8 Å². The van der Waals surface area contributed by atoms with Gasteiger partial charge in [-0.15, -0.1) is 0 Å². The number of rotatable bonds is 60. The van der Waals surface area contributed by atoms with Crippen LogP contribution in [-0.4, -0.2) is 70.0 Å². The largest absolute Gasteiger partial charge is 0.756 e. The van der Waals surface area contributed by atoms with Gasteiger partial charge < -0.3 is 27.9 Å². The number of hydrogen-bond donors (Lipinski definition) is 0. The van der Waals surface area contributed by atoms with Crippen molar-refractivity contribution in [3.8, 4) is 0 Å². The molecule has 0 fully saturated rings. The third kappa shape index (κ3) is 65.6. The quantitative estimate of drug-likeness (QED) is 0.0195. The maximum absolute atomic E-state index is 12.8. The molecule has 10 heteroatoms. The maximum atomic E-state index is 12.8. The third-order valence-corrected chi connectivity index (χ3v) is 15.0. The number of hydrogen-bond acceptors (Lipinski definition) is 8. The van der Waals surface area contributed by atoms with E-state index in [0.717, 1.165) is 109 Å². The second-order valence-corrected chi connectivity index (χ2v) is 24.5. The fourth-order valence-electron chi connectivity index (χ4n) is 8.92. The number of phosphoric ester groups is 1. The molecule has 0 N–H and O–H groups in total. The van der Waals surface area contributed by atoms with E-state index in [1.807, 2.05) is 21.1 Å². The highest BCUT2D eigenvalue weighted by Gasteiger charge is 2.22. The minimum absolute atomic E-state index is 0.0409. The van der Waals surface area contributed by atoms with Crippen molar-refractivity contribution >= 4 is 19.8 Å². The van der Waals surface area contributed by atoms with Crippen molar-refractivity contribution in [1.29, 1.82) is 0 Å². The average Bonchev–Trinajstić information content (AvgIpc) is 3.45. The Morgan fingerprint density at radius 2 is 0.695 bits per heavy atom. The average molecular weight is 1160 g/mol. The summed E-state index contributed by atoms with van der Waals surface area (Å²) in [5.41, 5.74) is 0. The number of esters is 2. The van der Waals surface area contributed by atoms with E-state index in [-0.39, 0.29) is 32.0 Å². The summed E-state index contributed by atoms with van der Waals surface area (Å²) in [5.74, 6) is -0.861. The minimum Gasteiger partial charge on any atom is -0.756 e. The van der Waals surface area contributed by atoms with E-state index in [2.05, 4.69) is 135 Å². The number of carbonyl (C=O) groups excluding carboxylic acids is 2. The molecule has 2 atom stereocenters. The van der Waals surface area contributed by atoms with Crippen LogP contribution in [0.25, 0.3) is 0 Å². The van der Waals surface area contributed by atoms with Gasteiger partial charge >= 0.3 is 11.9 Å². The number of unbranched alkanes of at least 4 members (excludes halogenated alkanes) is 26. The Bertz CT molecular complexity index is 1800. The molecule has 0 spiro atoms. The first kappa shape index (κ1) is 78.4. The maximum Gasteiger partial charge on any atom is 0.306 e. The van der Waals surface area contributed by atoms with Gasteiger partial charge in [-0.2, -0.15) is 0 Å². The van der Waals surface area contributed by atoms with E-state index in [1.54, 1.807) is 0 Å². The normalized spacial score (nSPS) is 14.0. The Morgan fingerprint density at radius 3 is 1.04 bits per heavy atom. The molecule has 0 saturated carbocycles. The van der Waals surface area contributed by atoms with Crippen molar-refractivity contribution in [2.45, 2.75) is 277 Å². The molecule has 0 aliphatic heterocycles. The van der Waals surface area contributed by atoms with Crippen LogP contribution in [0.2, 0.25) is 0 Å². The predicted octanol–water partition coefficient (Wildman–Crippen LogP) is 20.9. The number of nitrogens with zero attached hydrogens (tertiary/aromatic N) is 1. The molecular weight excluding hydrogens is 1040 g/mol. The molecule has 9 nitrogen and oxygen atoms in total. The number of carbonyl (C=O) groups is 2. The van der Waals surface area contributed by atoms with Crippen LogP contribution in [0.1, 0.15) is 271 Å². The molecule has 0 aromatic rings. The van der Waals surface area contributed by atoms with Gasteiger partial charge in [-0.1, -0.05) is 289 Å². The first-order valence-electron chi connectivity index (χ1n) is 33.2. The van der Waals surface area contributed by atoms with Crippen molar-refractivity contribution in [2.24, 2.45) is 0 Å². The van der Waals surface area contributed by atoms with Gasteiger partial charge in [-0.25, -0.2) is 0 Å². The summed E-state index contributed by atoms with van der Waals surface area (Å²) in [6.45, 7) is 4.11. The fraction of sp³-hybridized carbons (Fsp3) is 0.694. The van der Waals surface area contributed by atoms with Gasteiger partial charge in [-0.05, 0) is 89.9 Å². The molecule has 2 unspecified atom stereocenters. The van der Waals surface area contributed by atoms with E-state index in [1.165, 1.54) is 128 Å². The fourth-order valence-corrected chi connectivity index (χ4v) is 9.65. The van der Waals surface area contributed by atoms with Crippen molar-refractivity contribution in [1.82, 2.24) is 0 Å². The lowest BCUT2D eigenvalue weighted by atomic mass is 10.0. The van der Waals surface area contributed by atoms with Gasteiger partial charge in [-0.3, -0.25) is 14.2 Å². The van der Waals surface area contributed by atoms with Crippen LogP contribution in [0.3, 0.4) is 0 Å². The summed E-state index contributed by atoms with van der Waals surface area (Å²) >= 11 is 0. The van der Waals surface area contributed by atoms with E-state index in [4.69, 9.17) is 18.5 Å². The highest BCUT2D eigenvalue weighted by molar-refractivity contribution is 7.45. The van der Waals surface area contributed by atoms with Crippen LogP contribution >= 0.6 is 7.82 Å². The molecule has 0 amide bonds. The van der Waals surface area contributed by atoms with Crippen molar-refractivity contribution in [3.05, 3.63) is 122 Å². The molecule has 0 bridgehead atoms. The number of likely N-dealkylation sites (N-methyl/N-ethyl adjacent to an activating group) is 1. The zero-order valence-electron chi connectivity index (χ0n) is 53.4. The zero-order chi connectivity index (χ0) is 59.8. The summed E-state index contributed by atoms with van der Waals surface area (Å²) in [6.07, 6.45) is 88.4. The highest BCUT2D eigenvalue weighted by atomic mass is 31.2. The summed E-state index contributed by atoms with van der Waals surface area (Å²) in [6, 6.07) is 0. The lowest BCUT2D eigenvalue weighted by Crippen LogP contribution is -2.37. The number of allylic oxidation sites excluding steroid dienone is 20. The molecule has 470 valence electrons. The smallest absolute Gasteiger partial charge is 0.306 e. The third-order valence-electron chi connectivity index (χ3n) is 14.0. The first-order chi connectivity index (χ1) is 40.0. The molecule has 0 rings (SSSR count). The predicted molar refractivity (Wildman–Crippen MR) is 351 cm³/mol. The second kappa shape index (κ2) is 62.0.